The molecule has 1 amide bonds. The number of rotatable bonds is 4. The smallest absolute Gasteiger partial charge is 0.271 e. The number of carbonyl (C=O) groups excluding carboxylic acids is 1. The van der Waals surface area contributed by atoms with E-state index in [0.717, 1.165) is 11.3 Å². The first kappa shape index (κ1) is 16.2. The van der Waals surface area contributed by atoms with Crippen molar-refractivity contribution < 1.29 is 14.6 Å². The molecule has 0 radical (unpaired) electrons. The molecule has 1 aromatic carbocycles. The number of β-amino-alcohol motifs (C(OH)–C–C–N with tert-alkyl or cyclic N) is 1. The summed E-state index contributed by atoms with van der Waals surface area (Å²) in [7, 11) is 3.18. The van der Waals surface area contributed by atoms with Crippen LogP contribution in [0.2, 0.25) is 0 Å². The van der Waals surface area contributed by atoms with Crippen LogP contribution < -0.4 is 15.0 Å². The molecule has 1 saturated heterocycles. The number of aromatic nitrogens is 2. The van der Waals surface area contributed by atoms with Crippen molar-refractivity contribution >= 4 is 11.7 Å². The van der Waals surface area contributed by atoms with Crippen LogP contribution in [0.15, 0.2) is 36.4 Å². The number of aliphatic hydroxyl groups is 1. The predicted octanol–water partition coefficient (Wildman–Crippen LogP) is 1.16. The summed E-state index contributed by atoms with van der Waals surface area (Å²) in [4.78, 5) is 13.6. The second-order valence-electron chi connectivity index (χ2n) is 5.69. The van der Waals surface area contributed by atoms with Crippen LogP contribution in [-0.2, 0) is 0 Å². The molecule has 2 heterocycles. The fourth-order valence-corrected chi connectivity index (χ4v) is 2.96. The lowest BCUT2D eigenvalue weighted by atomic mass is 10.0. The summed E-state index contributed by atoms with van der Waals surface area (Å²) in [6.07, 6.45) is 0.160. The van der Waals surface area contributed by atoms with Gasteiger partial charge in [-0.3, -0.25) is 4.79 Å². The van der Waals surface area contributed by atoms with Crippen molar-refractivity contribution in [3.63, 3.8) is 0 Å². The van der Waals surface area contributed by atoms with Crippen LogP contribution >= 0.6 is 0 Å². The molecule has 3 rings (SSSR count). The van der Waals surface area contributed by atoms with Crippen LogP contribution in [0.3, 0.4) is 0 Å². The average Bonchev–Trinajstić information content (AvgIpc) is 3.03. The molecule has 0 spiro atoms. The number of ether oxygens (including phenoxy) is 1. The number of amides is 1. The van der Waals surface area contributed by atoms with Crippen LogP contribution in [0.1, 0.15) is 28.5 Å². The molecule has 0 aliphatic carbocycles. The third kappa shape index (κ3) is 3.16. The molecule has 1 fully saturated rings. The molecular formula is C17H20N4O3. The first-order valence-corrected chi connectivity index (χ1v) is 7.77. The Morgan fingerprint density at radius 3 is 2.83 bits per heavy atom. The summed E-state index contributed by atoms with van der Waals surface area (Å²) < 4.78 is 5.28. The largest absolute Gasteiger partial charge is 0.497 e. The van der Waals surface area contributed by atoms with Crippen molar-refractivity contribution in [2.75, 3.05) is 25.6 Å². The zero-order chi connectivity index (χ0) is 17.1. The Bertz CT molecular complexity index is 720. The van der Waals surface area contributed by atoms with E-state index in [0.29, 0.717) is 18.8 Å². The molecule has 7 nitrogen and oxygen atoms in total. The molecular weight excluding hydrogens is 308 g/mol. The van der Waals surface area contributed by atoms with E-state index in [2.05, 4.69) is 15.5 Å². The van der Waals surface area contributed by atoms with Crippen LogP contribution in [0.25, 0.3) is 0 Å². The van der Waals surface area contributed by atoms with Gasteiger partial charge in [-0.05, 0) is 36.2 Å². The van der Waals surface area contributed by atoms with Gasteiger partial charge in [-0.25, -0.2) is 0 Å². The Morgan fingerprint density at radius 2 is 2.17 bits per heavy atom. The predicted molar refractivity (Wildman–Crippen MR) is 89.1 cm³/mol. The summed E-state index contributed by atoms with van der Waals surface area (Å²) in [5.41, 5.74) is 1.31. The Morgan fingerprint density at radius 1 is 1.33 bits per heavy atom. The minimum Gasteiger partial charge on any atom is -0.497 e. The number of nitrogens with zero attached hydrogens (tertiary/aromatic N) is 3. The number of anilines is 1. The van der Waals surface area contributed by atoms with Crippen molar-refractivity contribution in [2.24, 2.45) is 0 Å². The summed E-state index contributed by atoms with van der Waals surface area (Å²) in [6.45, 7) is 0.468. The van der Waals surface area contributed by atoms with Gasteiger partial charge in [0.25, 0.3) is 5.91 Å². The first-order chi connectivity index (χ1) is 11.6. The molecule has 1 aliphatic rings. The molecule has 126 valence electrons. The average molecular weight is 328 g/mol. The minimum absolute atomic E-state index is 0.0183. The van der Waals surface area contributed by atoms with Crippen LogP contribution in [-0.4, -0.2) is 48.0 Å². The maximum atomic E-state index is 11.6. The summed E-state index contributed by atoms with van der Waals surface area (Å²) in [5.74, 6) is 1.13. The maximum Gasteiger partial charge on any atom is 0.271 e. The van der Waals surface area contributed by atoms with Gasteiger partial charge in [0.05, 0.1) is 19.3 Å². The van der Waals surface area contributed by atoms with E-state index in [1.54, 1.807) is 26.3 Å². The second kappa shape index (κ2) is 6.84. The van der Waals surface area contributed by atoms with Crippen LogP contribution in [0.4, 0.5) is 5.82 Å². The molecule has 24 heavy (non-hydrogen) atoms. The number of aliphatic hydroxyl groups excluding tert-OH is 1. The lowest BCUT2D eigenvalue weighted by Gasteiger charge is -2.25. The van der Waals surface area contributed by atoms with Crippen molar-refractivity contribution in [3.05, 3.63) is 47.7 Å². The normalized spacial score (nSPS) is 20.0. The Labute approximate surface area is 140 Å². The van der Waals surface area contributed by atoms with Gasteiger partial charge in [-0.2, -0.15) is 0 Å². The van der Waals surface area contributed by atoms with Crippen molar-refractivity contribution in [1.82, 2.24) is 15.5 Å². The van der Waals surface area contributed by atoms with E-state index in [9.17, 15) is 9.90 Å². The van der Waals surface area contributed by atoms with Gasteiger partial charge in [0.2, 0.25) is 0 Å². The van der Waals surface area contributed by atoms with E-state index in [4.69, 9.17) is 4.74 Å². The van der Waals surface area contributed by atoms with E-state index in [1.165, 1.54) is 0 Å². The standard InChI is InChI=1S/C17H20N4O3/c1-18-17(23)14-6-7-16(20-19-14)21-10-12(22)9-15(21)11-4-3-5-13(8-11)24-2/h3-8,12,15,22H,9-10H2,1-2H3,(H,18,23)/t12-,15-/m0/s1. The van der Waals surface area contributed by atoms with Gasteiger partial charge in [0.1, 0.15) is 5.75 Å². The highest BCUT2D eigenvalue weighted by molar-refractivity contribution is 5.91. The summed E-state index contributed by atoms with van der Waals surface area (Å²) >= 11 is 0. The Kier molecular flexibility index (Phi) is 4.61. The van der Waals surface area contributed by atoms with Crippen LogP contribution in [0, 0.1) is 0 Å². The van der Waals surface area contributed by atoms with Gasteiger partial charge in [-0.15, -0.1) is 10.2 Å². The quantitative estimate of drug-likeness (QED) is 0.876. The summed E-state index contributed by atoms with van der Waals surface area (Å²) in [5, 5.41) is 20.8. The topological polar surface area (TPSA) is 87.6 Å². The van der Waals surface area contributed by atoms with E-state index < -0.39 is 6.10 Å². The third-order valence-electron chi connectivity index (χ3n) is 4.16. The van der Waals surface area contributed by atoms with Gasteiger partial charge >= 0.3 is 0 Å². The van der Waals surface area contributed by atoms with E-state index in [1.807, 2.05) is 29.2 Å². The van der Waals surface area contributed by atoms with Crippen molar-refractivity contribution in [3.8, 4) is 5.75 Å². The zero-order valence-electron chi connectivity index (χ0n) is 13.6. The maximum absolute atomic E-state index is 11.6. The van der Waals surface area contributed by atoms with E-state index >= 15 is 0 Å². The Hall–Kier alpha value is -2.67. The Balaban J connectivity index is 1.88. The van der Waals surface area contributed by atoms with Crippen molar-refractivity contribution in [2.45, 2.75) is 18.6 Å². The SMILES string of the molecule is CNC(=O)c1ccc(N2C[C@@H](O)C[C@H]2c2cccc(OC)c2)nn1. The van der Waals surface area contributed by atoms with Crippen LogP contribution in [0.5, 0.6) is 5.75 Å². The number of hydrogen-bond acceptors (Lipinski definition) is 6. The fourth-order valence-electron chi connectivity index (χ4n) is 2.96. The lowest BCUT2D eigenvalue weighted by Crippen LogP contribution is -2.26. The van der Waals surface area contributed by atoms with Gasteiger partial charge < -0.3 is 20.1 Å². The van der Waals surface area contributed by atoms with E-state index in [-0.39, 0.29) is 17.6 Å². The number of carbonyl (C=O) groups is 1. The number of benzene rings is 1. The molecule has 1 aromatic heterocycles. The zero-order valence-corrected chi connectivity index (χ0v) is 13.6. The van der Waals surface area contributed by atoms with Gasteiger partial charge in [0.15, 0.2) is 11.5 Å². The van der Waals surface area contributed by atoms with Gasteiger partial charge in [-0.1, -0.05) is 12.1 Å². The first-order valence-electron chi connectivity index (χ1n) is 7.77. The highest BCUT2D eigenvalue weighted by Crippen LogP contribution is 2.36. The highest BCUT2D eigenvalue weighted by atomic mass is 16.5. The summed E-state index contributed by atoms with van der Waals surface area (Å²) in [6, 6.07) is 11.1. The molecule has 0 saturated carbocycles. The third-order valence-corrected chi connectivity index (χ3v) is 4.16. The fraction of sp³-hybridized carbons (Fsp3) is 0.353. The second-order valence-corrected chi connectivity index (χ2v) is 5.69. The highest BCUT2D eigenvalue weighted by Gasteiger charge is 2.33. The van der Waals surface area contributed by atoms with Crippen molar-refractivity contribution in [1.29, 1.82) is 0 Å². The molecule has 2 atom stereocenters. The molecule has 0 bridgehead atoms. The molecule has 0 unspecified atom stereocenters. The monoisotopic (exact) mass is 328 g/mol. The molecule has 7 heteroatoms. The molecule has 1 aliphatic heterocycles. The van der Waals surface area contributed by atoms with Gasteiger partial charge in [0, 0.05) is 13.6 Å². The minimum atomic E-state index is -0.443. The molecule has 2 N–H and O–H groups in total. The lowest BCUT2D eigenvalue weighted by molar-refractivity contribution is 0.0957. The number of methoxy groups -OCH3 is 1. The number of hydrogen-bond donors (Lipinski definition) is 2. The molecule has 2 aromatic rings. The number of nitrogens with one attached hydrogen (secondary N) is 1.